The highest BCUT2D eigenvalue weighted by Crippen LogP contribution is 2.36. The zero-order chi connectivity index (χ0) is 17.9. The average molecular weight is 334 g/mol. The molecule has 5 heteroatoms. The molecular weight excluding hydrogens is 296 g/mol. The molecule has 0 aliphatic rings. The van der Waals surface area contributed by atoms with Crippen molar-refractivity contribution in [2.45, 2.75) is 103 Å². The van der Waals surface area contributed by atoms with E-state index in [1.54, 1.807) is 0 Å². The molecule has 0 saturated carbocycles. The van der Waals surface area contributed by atoms with Crippen LogP contribution >= 0.6 is 0 Å². The molecule has 0 saturated heterocycles. The van der Waals surface area contributed by atoms with Crippen LogP contribution in [0.3, 0.4) is 0 Å². The summed E-state index contributed by atoms with van der Waals surface area (Å²) in [7, 11) is 0. The molecule has 23 heavy (non-hydrogen) atoms. The van der Waals surface area contributed by atoms with Crippen molar-refractivity contribution in [1.29, 1.82) is 0 Å². The molecule has 0 radical (unpaired) electrons. The van der Waals surface area contributed by atoms with Gasteiger partial charge in [0.25, 0.3) is 0 Å². The van der Waals surface area contributed by atoms with Crippen LogP contribution in [0.1, 0.15) is 78.6 Å². The van der Waals surface area contributed by atoms with E-state index in [4.69, 9.17) is 5.11 Å². The van der Waals surface area contributed by atoms with Gasteiger partial charge in [0, 0.05) is 0 Å². The van der Waals surface area contributed by atoms with Gasteiger partial charge in [-0.15, -0.1) is 0 Å². The average Bonchev–Trinajstić information content (AvgIpc) is 2.54. The molecule has 0 bridgehead atoms. The Balaban J connectivity index is 4.65. The van der Waals surface area contributed by atoms with Gasteiger partial charge in [0.2, 0.25) is 0 Å². The van der Waals surface area contributed by atoms with Crippen LogP contribution in [0.2, 0.25) is 0 Å². The normalized spacial score (nSPS) is 19.8. The minimum atomic E-state index is -1.54. The van der Waals surface area contributed by atoms with Gasteiger partial charge in [-0.3, -0.25) is 0 Å². The summed E-state index contributed by atoms with van der Waals surface area (Å²) in [4.78, 5) is 0. The van der Waals surface area contributed by atoms with Crippen molar-refractivity contribution in [3.63, 3.8) is 0 Å². The number of aliphatic hydroxyl groups is 5. The lowest BCUT2D eigenvalue weighted by Crippen LogP contribution is -2.47. The number of rotatable bonds is 14. The van der Waals surface area contributed by atoms with Gasteiger partial charge < -0.3 is 25.5 Å². The molecule has 0 spiro atoms. The first-order valence-corrected chi connectivity index (χ1v) is 9.14. The standard InChI is InChI=1S/C18H38O5/c1-4-6-8-9-11-18(3,10-7-5-2)12-14(20)16(22)17(23)15(21)13-19/h14-17,19-23H,4-13H2,1-3H3/t14?,15-,16?,17?,18?/m1/s1. The van der Waals surface area contributed by atoms with Crippen LogP contribution in [0.4, 0.5) is 0 Å². The third kappa shape index (κ3) is 9.01. The second-order valence-corrected chi connectivity index (χ2v) is 7.23. The lowest BCUT2D eigenvalue weighted by Gasteiger charge is -2.35. The summed E-state index contributed by atoms with van der Waals surface area (Å²) >= 11 is 0. The molecule has 0 aliphatic heterocycles. The summed E-state index contributed by atoms with van der Waals surface area (Å²) in [6, 6.07) is 0. The maximum atomic E-state index is 10.3. The number of aliphatic hydroxyl groups excluding tert-OH is 5. The maximum Gasteiger partial charge on any atom is 0.110 e. The number of hydrogen-bond donors (Lipinski definition) is 5. The van der Waals surface area contributed by atoms with E-state index in [1.807, 2.05) is 0 Å². The van der Waals surface area contributed by atoms with E-state index in [1.165, 1.54) is 19.3 Å². The van der Waals surface area contributed by atoms with Gasteiger partial charge in [0.1, 0.15) is 18.3 Å². The topological polar surface area (TPSA) is 101 Å². The van der Waals surface area contributed by atoms with Gasteiger partial charge in [-0.2, -0.15) is 0 Å². The maximum absolute atomic E-state index is 10.3. The first-order valence-electron chi connectivity index (χ1n) is 9.14. The summed E-state index contributed by atoms with van der Waals surface area (Å²) in [5.74, 6) is 0. The van der Waals surface area contributed by atoms with E-state index < -0.39 is 31.0 Å². The highest BCUT2D eigenvalue weighted by Gasteiger charge is 2.35. The highest BCUT2D eigenvalue weighted by atomic mass is 16.4. The van der Waals surface area contributed by atoms with E-state index >= 15 is 0 Å². The van der Waals surface area contributed by atoms with Gasteiger partial charge in [0.05, 0.1) is 12.7 Å². The first kappa shape index (κ1) is 22.8. The largest absolute Gasteiger partial charge is 0.394 e. The van der Waals surface area contributed by atoms with E-state index in [0.29, 0.717) is 6.42 Å². The van der Waals surface area contributed by atoms with Crippen molar-refractivity contribution in [1.82, 2.24) is 0 Å². The fourth-order valence-electron chi connectivity index (χ4n) is 3.10. The van der Waals surface area contributed by atoms with Crippen LogP contribution in [-0.4, -0.2) is 56.6 Å². The molecule has 5 atom stereocenters. The van der Waals surface area contributed by atoms with E-state index in [2.05, 4.69) is 20.8 Å². The Morgan fingerprint density at radius 3 is 1.78 bits per heavy atom. The summed E-state index contributed by atoms with van der Waals surface area (Å²) in [5, 5.41) is 48.3. The minimum Gasteiger partial charge on any atom is -0.394 e. The van der Waals surface area contributed by atoms with Gasteiger partial charge in [-0.05, 0) is 24.7 Å². The highest BCUT2D eigenvalue weighted by molar-refractivity contribution is 4.86. The number of hydrogen-bond acceptors (Lipinski definition) is 5. The van der Waals surface area contributed by atoms with Crippen molar-refractivity contribution in [2.75, 3.05) is 6.61 Å². The van der Waals surface area contributed by atoms with E-state index in [-0.39, 0.29) is 5.41 Å². The molecule has 0 aromatic heterocycles. The second-order valence-electron chi connectivity index (χ2n) is 7.23. The van der Waals surface area contributed by atoms with Crippen LogP contribution in [0.5, 0.6) is 0 Å². The molecule has 4 unspecified atom stereocenters. The zero-order valence-electron chi connectivity index (χ0n) is 15.1. The summed E-state index contributed by atoms with van der Waals surface area (Å²) in [5.41, 5.74) is -0.0893. The summed E-state index contributed by atoms with van der Waals surface area (Å²) in [6.45, 7) is 5.78. The predicted molar refractivity (Wildman–Crippen MR) is 92.1 cm³/mol. The molecule has 0 fully saturated rings. The third-order valence-electron chi connectivity index (χ3n) is 4.80. The zero-order valence-corrected chi connectivity index (χ0v) is 15.1. The predicted octanol–water partition coefficient (Wildman–Crippen LogP) is 1.98. The Morgan fingerprint density at radius 2 is 1.26 bits per heavy atom. The van der Waals surface area contributed by atoms with Gasteiger partial charge in [-0.1, -0.05) is 59.3 Å². The molecule has 0 aliphatic carbocycles. The Hall–Kier alpha value is -0.200. The SMILES string of the molecule is CCCCCCC(C)(CCCC)CC(O)C(O)C(O)[C@H](O)CO. The fraction of sp³-hybridized carbons (Fsp3) is 1.00. The molecule has 0 aromatic rings. The Kier molecular flexibility index (Phi) is 12.1. The molecule has 0 amide bonds. The molecule has 140 valence electrons. The molecule has 0 rings (SSSR count). The van der Waals surface area contributed by atoms with Crippen molar-refractivity contribution in [3.8, 4) is 0 Å². The summed E-state index contributed by atoms with van der Waals surface area (Å²) < 4.78 is 0. The smallest absolute Gasteiger partial charge is 0.110 e. The molecule has 0 aromatic carbocycles. The lowest BCUT2D eigenvalue weighted by molar-refractivity contribution is -0.123. The molecule has 0 heterocycles. The molecule has 5 N–H and O–H groups in total. The quantitative estimate of drug-likeness (QED) is 0.313. The van der Waals surface area contributed by atoms with E-state index in [0.717, 1.165) is 32.1 Å². The van der Waals surface area contributed by atoms with Crippen LogP contribution in [0, 0.1) is 5.41 Å². The third-order valence-corrected chi connectivity index (χ3v) is 4.80. The van der Waals surface area contributed by atoms with Crippen molar-refractivity contribution < 1.29 is 25.5 Å². The van der Waals surface area contributed by atoms with Crippen LogP contribution in [0.25, 0.3) is 0 Å². The number of unbranched alkanes of at least 4 members (excludes halogenated alkanes) is 4. The Bertz CT molecular complexity index is 287. The van der Waals surface area contributed by atoms with Gasteiger partial charge in [-0.25, -0.2) is 0 Å². The monoisotopic (exact) mass is 334 g/mol. The van der Waals surface area contributed by atoms with E-state index in [9.17, 15) is 20.4 Å². The minimum absolute atomic E-state index is 0.0893. The first-order chi connectivity index (χ1) is 10.8. The van der Waals surface area contributed by atoms with Crippen LogP contribution < -0.4 is 0 Å². The molecular formula is C18H38O5. The van der Waals surface area contributed by atoms with Crippen molar-refractivity contribution in [2.24, 2.45) is 5.41 Å². The van der Waals surface area contributed by atoms with Crippen molar-refractivity contribution >= 4 is 0 Å². The summed E-state index contributed by atoms with van der Waals surface area (Å²) in [6.07, 6.45) is 3.59. The van der Waals surface area contributed by atoms with Crippen LogP contribution in [0.15, 0.2) is 0 Å². The lowest BCUT2D eigenvalue weighted by atomic mass is 9.74. The van der Waals surface area contributed by atoms with Gasteiger partial charge in [0.15, 0.2) is 0 Å². The molecule has 5 nitrogen and oxygen atoms in total. The second kappa shape index (κ2) is 12.2. The van der Waals surface area contributed by atoms with Crippen LogP contribution in [-0.2, 0) is 0 Å². The Labute approximate surface area is 141 Å². The van der Waals surface area contributed by atoms with Gasteiger partial charge >= 0.3 is 0 Å². The Morgan fingerprint density at radius 1 is 0.739 bits per heavy atom. The fourth-order valence-corrected chi connectivity index (χ4v) is 3.10. The van der Waals surface area contributed by atoms with Crippen molar-refractivity contribution in [3.05, 3.63) is 0 Å².